The number of nitrogens with one attached hydrogen (secondary N) is 2. The van der Waals surface area contributed by atoms with Gasteiger partial charge in [-0.1, -0.05) is 0 Å². The lowest BCUT2D eigenvalue weighted by molar-refractivity contribution is 0.316. The van der Waals surface area contributed by atoms with Crippen molar-refractivity contribution in [2.24, 2.45) is 5.73 Å². The zero-order valence-corrected chi connectivity index (χ0v) is 11.6. The number of nitrogens with two attached hydrogens (primary N) is 1. The first-order valence-electron chi connectivity index (χ1n) is 6.44. The Labute approximate surface area is 115 Å². The number of aromatic amines is 2. The van der Waals surface area contributed by atoms with Gasteiger partial charge in [-0.2, -0.15) is 4.31 Å². The van der Waals surface area contributed by atoms with E-state index in [1.165, 1.54) is 16.4 Å². The third-order valence-corrected chi connectivity index (χ3v) is 5.41. The van der Waals surface area contributed by atoms with E-state index in [4.69, 9.17) is 5.73 Å². The Balaban J connectivity index is 2.01. The highest BCUT2D eigenvalue weighted by molar-refractivity contribution is 7.89. The molecule has 1 saturated heterocycles. The lowest BCUT2D eigenvalue weighted by Crippen LogP contribution is -2.45. The van der Waals surface area contributed by atoms with Gasteiger partial charge >= 0.3 is 5.69 Å². The van der Waals surface area contributed by atoms with Gasteiger partial charge in [0.05, 0.1) is 15.9 Å². The molecule has 0 radical (unpaired) electrons. The minimum Gasteiger partial charge on any atom is -0.327 e. The Kier molecular flexibility index (Phi) is 3.15. The summed E-state index contributed by atoms with van der Waals surface area (Å²) in [5, 5.41) is 0. The first kappa shape index (κ1) is 13.3. The van der Waals surface area contributed by atoms with Crippen LogP contribution in [0.3, 0.4) is 0 Å². The molecular weight excluding hydrogens is 280 g/mol. The first-order valence-corrected chi connectivity index (χ1v) is 7.88. The van der Waals surface area contributed by atoms with E-state index in [-0.39, 0.29) is 16.6 Å². The monoisotopic (exact) mass is 296 g/mol. The topological polar surface area (TPSA) is 112 Å². The largest absolute Gasteiger partial charge is 0.327 e. The van der Waals surface area contributed by atoms with Crippen LogP contribution >= 0.6 is 0 Å². The van der Waals surface area contributed by atoms with Crippen molar-refractivity contribution in [3.05, 3.63) is 28.7 Å². The quantitative estimate of drug-likeness (QED) is 0.722. The minimum atomic E-state index is -3.56. The second kappa shape index (κ2) is 4.72. The minimum absolute atomic E-state index is 0.116. The molecule has 1 aliphatic heterocycles. The molecular formula is C12H16N4O3S. The number of fused-ring (bicyclic) bond motifs is 1. The molecule has 0 bridgehead atoms. The van der Waals surface area contributed by atoms with Gasteiger partial charge in [0.25, 0.3) is 0 Å². The number of benzene rings is 1. The molecule has 8 heteroatoms. The molecule has 1 aromatic heterocycles. The van der Waals surface area contributed by atoms with Gasteiger partial charge < -0.3 is 15.7 Å². The molecule has 0 spiro atoms. The zero-order chi connectivity index (χ0) is 14.3. The van der Waals surface area contributed by atoms with Crippen LogP contribution in [0.1, 0.15) is 12.8 Å². The molecule has 7 nitrogen and oxygen atoms in total. The molecule has 1 fully saturated rings. The molecule has 0 saturated carbocycles. The van der Waals surface area contributed by atoms with Crippen LogP contribution in [-0.2, 0) is 10.0 Å². The molecule has 1 aliphatic rings. The second-order valence-electron chi connectivity index (χ2n) is 5.05. The Morgan fingerprint density at radius 3 is 2.75 bits per heavy atom. The molecule has 0 amide bonds. The highest BCUT2D eigenvalue weighted by atomic mass is 32.2. The van der Waals surface area contributed by atoms with Crippen molar-refractivity contribution < 1.29 is 8.42 Å². The standard InChI is InChI=1S/C12H16N4O3S/c13-8-2-1-5-16(7-8)20(18,19)9-3-4-10-11(6-9)15-12(17)14-10/h3-4,6,8H,1-2,5,7,13H2,(H2,14,15,17). The van der Waals surface area contributed by atoms with Gasteiger partial charge in [-0.25, -0.2) is 13.2 Å². The first-order chi connectivity index (χ1) is 9.46. The SMILES string of the molecule is NC1CCCN(S(=O)(=O)c2ccc3[nH]c(=O)[nH]c3c2)C1. The number of imidazole rings is 1. The van der Waals surface area contributed by atoms with E-state index in [1.54, 1.807) is 6.07 Å². The summed E-state index contributed by atoms with van der Waals surface area (Å²) in [5.41, 5.74) is 6.55. The summed E-state index contributed by atoms with van der Waals surface area (Å²) < 4.78 is 26.5. The summed E-state index contributed by atoms with van der Waals surface area (Å²) >= 11 is 0. The van der Waals surface area contributed by atoms with Crippen molar-refractivity contribution >= 4 is 21.1 Å². The fraction of sp³-hybridized carbons (Fsp3) is 0.417. The van der Waals surface area contributed by atoms with E-state index in [0.717, 1.165) is 12.8 Å². The molecule has 0 aliphatic carbocycles. The molecule has 108 valence electrons. The average molecular weight is 296 g/mol. The normalized spacial score (nSPS) is 21.4. The number of rotatable bonds is 2. The van der Waals surface area contributed by atoms with Gasteiger partial charge in [0, 0.05) is 19.1 Å². The van der Waals surface area contributed by atoms with Crippen LogP contribution in [0, 0.1) is 0 Å². The number of hydrogen-bond donors (Lipinski definition) is 3. The van der Waals surface area contributed by atoms with Crippen molar-refractivity contribution in [2.75, 3.05) is 13.1 Å². The Morgan fingerprint density at radius 1 is 1.25 bits per heavy atom. The number of aromatic nitrogens is 2. The van der Waals surface area contributed by atoms with Crippen molar-refractivity contribution in [3.63, 3.8) is 0 Å². The van der Waals surface area contributed by atoms with Crippen LogP contribution in [0.4, 0.5) is 0 Å². The lowest BCUT2D eigenvalue weighted by atomic mass is 10.1. The molecule has 20 heavy (non-hydrogen) atoms. The van der Waals surface area contributed by atoms with Gasteiger partial charge in [-0.05, 0) is 31.0 Å². The smallest absolute Gasteiger partial charge is 0.323 e. The molecule has 1 atom stereocenters. The van der Waals surface area contributed by atoms with Gasteiger partial charge in [0.1, 0.15) is 0 Å². The van der Waals surface area contributed by atoms with E-state index in [0.29, 0.717) is 24.1 Å². The average Bonchev–Trinajstić information content (AvgIpc) is 2.77. The summed E-state index contributed by atoms with van der Waals surface area (Å²) in [5.74, 6) is 0. The molecule has 2 heterocycles. The third-order valence-electron chi connectivity index (χ3n) is 3.55. The maximum Gasteiger partial charge on any atom is 0.323 e. The molecule has 1 aromatic carbocycles. The van der Waals surface area contributed by atoms with Crippen LogP contribution in [-0.4, -0.2) is 41.8 Å². The molecule has 2 aromatic rings. The Hall–Kier alpha value is -1.64. The van der Waals surface area contributed by atoms with Crippen LogP contribution in [0.2, 0.25) is 0 Å². The number of nitrogens with zero attached hydrogens (tertiary/aromatic N) is 1. The number of H-pyrrole nitrogens is 2. The second-order valence-corrected chi connectivity index (χ2v) is 6.99. The maximum atomic E-state index is 12.6. The zero-order valence-electron chi connectivity index (χ0n) is 10.8. The summed E-state index contributed by atoms with van der Waals surface area (Å²) in [4.78, 5) is 16.5. The van der Waals surface area contributed by atoms with Crippen molar-refractivity contribution in [3.8, 4) is 0 Å². The van der Waals surface area contributed by atoms with E-state index < -0.39 is 10.0 Å². The number of piperidine rings is 1. The highest BCUT2D eigenvalue weighted by Crippen LogP contribution is 2.22. The van der Waals surface area contributed by atoms with Crippen molar-refractivity contribution in [2.45, 2.75) is 23.8 Å². The van der Waals surface area contributed by atoms with Gasteiger partial charge in [-0.3, -0.25) is 0 Å². The van der Waals surface area contributed by atoms with Crippen LogP contribution < -0.4 is 11.4 Å². The molecule has 4 N–H and O–H groups in total. The Bertz CT molecular complexity index is 792. The predicted octanol–water partition coefficient (Wildman–Crippen LogP) is -0.0320. The highest BCUT2D eigenvalue weighted by Gasteiger charge is 2.29. The van der Waals surface area contributed by atoms with E-state index in [9.17, 15) is 13.2 Å². The van der Waals surface area contributed by atoms with Gasteiger partial charge in [0.15, 0.2) is 0 Å². The number of sulfonamides is 1. The van der Waals surface area contributed by atoms with Crippen molar-refractivity contribution in [1.82, 2.24) is 14.3 Å². The van der Waals surface area contributed by atoms with Gasteiger partial charge in [-0.15, -0.1) is 0 Å². The van der Waals surface area contributed by atoms with Crippen LogP contribution in [0.5, 0.6) is 0 Å². The summed E-state index contributed by atoms with van der Waals surface area (Å²) in [6.45, 7) is 0.821. The molecule has 3 rings (SSSR count). The van der Waals surface area contributed by atoms with E-state index in [1.807, 2.05) is 0 Å². The van der Waals surface area contributed by atoms with Crippen LogP contribution in [0.25, 0.3) is 11.0 Å². The van der Waals surface area contributed by atoms with Gasteiger partial charge in [0.2, 0.25) is 10.0 Å². The fourth-order valence-electron chi connectivity index (χ4n) is 2.51. The Morgan fingerprint density at radius 2 is 2.00 bits per heavy atom. The fourth-order valence-corrected chi connectivity index (χ4v) is 4.08. The maximum absolute atomic E-state index is 12.6. The van der Waals surface area contributed by atoms with Crippen molar-refractivity contribution in [1.29, 1.82) is 0 Å². The third kappa shape index (κ3) is 2.26. The van der Waals surface area contributed by atoms with E-state index in [2.05, 4.69) is 9.97 Å². The predicted molar refractivity (Wildman–Crippen MR) is 74.9 cm³/mol. The summed E-state index contributed by atoms with van der Waals surface area (Å²) in [6.07, 6.45) is 1.61. The lowest BCUT2D eigenvalue weighted by Gasteiger charge is -2.29. The van der Waals surface area contributed by atoms with Crippen LogP contribution in [0.15, 0.2) is 27.9 Å². The summed E-state index contributed by atoms with van der Waals surface area (Å²) in [6, 6.07) is 4.45. The molecule has 1 unspecified atom stereocenters. The summed E-state index contributed by atoms with van der Waals surface area (Å²) in [7, 11) is -3.56. The van der Waals surface area contributed by atoms with E-state index >= 15 is 0 Å². The number of hydrogen-bond acceptors (Lipinski definition) is 4.